The number of hydrogen-bond donors (Lipinski definition) is 1. The van der Waals surface area contributed by atoms with Gasteiger partial charge in [0.25, 0.3) is 5.89 Å². The Labute approximate surface area is 116 Å². The first-order valence-electron chi connectivity index (χ1n) is 6.41. The molecule has 0 saturated carbocycles. The van der Waals surface area contributed by atoms with E-state index in [1.807, 2.05) is 24.3 Å². The summed E-state index contributed by atoms with van der Waals surface area (Å²) in [5.41, 5.74) is 7.49. The minimum atomic E-state index is 0.403. The lowest BCUT2D eigenvalue weighted by molar-refractivity contribution is 0.421. The van der Waals surface area contributed by atoms with Gasteiger partial charge >= 0.3 is 0 Å². The zero-order chi connectivity index (χ0) is 13.8. The topological polar surface area (TPSA) is 77.8 Å². The van der Waals surface area contributed by atoms with E-state index in [-0.39, 0.29) is 0 Å². The average Bonchev–Trinajstić information content (AvgIpc) is 2.95. The maximum Gasteiger partial charge on any atom is 0.276 e. The molecule has 5 heteroatoms. The Kier molecular flexibility index (Phi) is 3.41. The molecule has 2 heterocycles. The fourth-order valence-electron chi connectivity index (χ4n) is 1.93. The first-order chi connectivity index (χ1) is 9.81. The molecule has 2 N–H and O–H groups in total. The molecule has 0 bridgehead atoms. The predicted molar refractivity (Wildman–Crippen MR) is 75.8 cm³/mol. The van der Waals surface area contributed by atoms with Crippen LogP contribution in [0.3, 0.4) is 0 Å². The first-order valence-corrected chi connectivity index (χ1v) is 6.41. The van der Waals surface area contributed by atoms with Crippen LogP contribution in [-0.4, -0.2) is 15.1 Å². The maximum absolute atomic E-state index is 5.64. The summed E-state index contributed by atoms with van der Waals surface area (Å²) in [6.07, 6.45) is 1.61. The van der Waals surface area contributed by atoms with E-state index in [2.05, 4.69) is 27.3 Å². The van der Waals surface area contributed by atoms with E-state index in [0.717, 1.165) is 12.8 Å². The molecule has 20 heavy (non-hydrogen) atoms. The van der Waals surface area contributed by atoms with Crippen molar-refractivity contribution in [3.63, 3.8) is 0 Å². The molecule has 2 aromatic heterocycles. The molecule has 0 aliphatic rings. The molecule has 0 spiro atoms. The second-order valence-electron chi connectivity index (χ2n) is 4.45. The molecule has 0 atom stereocenters. The van der Waals surface area contributed by atoms with Gasteiger partial charge in [-0.2, -0.15) is 4.98 Å². The lowest BCUT2D eigenvalue weighted by Crippen LogP contribution is -1.94. The Balaban J connectivity index is 1.71. The summed E-state index contributed by atoms with van der Waals surface area (Å²) in [5.74, 6) is 1.51. The van der Waals surface area contributed by atoms with Gasteiger partial charge in [-0.05, 0) is 24.1 Å². The minimum absolute atomic E-state index is 0.403. The predicted octanol–water partition coefficient (Wildman–Crippen LogP) is 2.50. The van der Waals surface area contributed by atoms with Gasteiger partial charge in [-0.1, -0.05) is 41.6 Å². The molecule has 0 fully saturated rings. The van der Waals surface area contributed by atoms with Crippen LogP contribution in [-0.2, 0) is 12.8 Å². The van der Waals surface area contributed by atoms with Crippen LogP contribution in [0.15, 0.2) is 53.1 Å². The summed E-state index contributed by atoms with van der Waals surface area (Å²) in [7, 11) is 0. The van der Waals surface area contributed by atoms with Crippen molar-refractivity contribution in [1.29, 1.82) is 0 Å². The van der Waals surface area contributed by atoms with Gasteiger partial charge in [0.15, 0.2) is 5.82 Å². The third-order valence-corrected chi connectivity index (χ3v) is 2.94. The summed E-state index contributed by atoms with van der Waals surface area (Å²) in [5, 5.41) is 3.97. The molecule has 1 aromatic carbocycles. The number of pyridine rings is 1. The number of nitrogens with two attached hydrogens (primary N) is 1. The van der Waals surface area contributed by atoms with Gasteiger partial charge in [0.1, 0.15) is 11.5 Å². The van der Waals surface area contributed by atoms with Crippen molar-refractivity contribution in [1.82, 2.24) is 15.1 Å². The van der Waals surface area contributed by atoms with Gasteiger partial charge < -0.3 is 10.3 Å². The van der Waals surface area contributed by atoms with E-state index >= 15 is 0 Å². The molecular weight excluding hydrogens is 252 g/mol. The van der Waals surface area contributed by atoms with Gasteiger partial charge in [-0.25, -0.2) is 4.98 Å². The quantitative estimate of drug-likeness (QED) is 0.785. The molecule has 100 valence electrons. The Hall–Kier alpha value is -2.69. The van der Waals surface area contributed by atoms with E-state index in [1.165, 1.54) is 5.56 Å². The number of aromatic nitrogens is 3. The highest BCUT2D eigenvalue weighted by Gasteiger charge is 2.10. The summed E-state index contributed by atoms with van der Waals surface area (Å²) >= 11 is 0. The maximum atomic E-state index is 5.64. The molecule has 0 saturated heterocycles. The first kappa shape index (κ1) is 12.3. The fourth-order valence-corrected chi connectivity index (χ4v) is 1.93. The van der Waals surface area contributed by atoms with Crippen molar-refractivity contribution in [3.05, 3.63) is 59.9 Å². The summed E-state index contributed by atoms with van der Waals surface area (Å²) in [6, 6.07) is 15.5. The van der Waals surface area contributed by atoms with Gasteiger partial charge in [0.2, 0.25) is 0 Å². The minimum Gasteiger partial charge on any atom is -0.384 e. The van der Waals surface area contributed by atoms with Crippen LogP contribution in [0.5, 0.6) is 0 Å². The van der Waals surface area contributed by atoms with E-state index in [1.54, 1.807) is 12.1 Å². The largest absolute Gasteiger partial charge is 0.384 e. The van der Waals surface area contributed by atoms with Crippen molar-refractivity contribution in [2.24, 2.45) is 0 Å². The summed E-state index contributed by atoms with van der Waals surface area (Å²) in [6.45, 7) is 0. The Morgan fingerprint density at radius 3 is 2.55 bits per heavy atom. The SMILES string of the molecule is Nc1cccc(-c2nc(CCc3ccccc3)no2)n1. The smallest absolute Gasteiger partial charge is 0.276 e. The molecule has 3 aromatic rings. The summed E-state index contributed by atoms with van der Waals surface area (Å²) in [4.78, 5) is 8.50. The number of nitrogens with zero attached hydrogens (tertiary/aromatic N) is 3. The van der Waals surface area contributed by atoms with Crippen LogP contribution < -0.4 is 5.73 Å². The van der Waals surface area contributed by atoms with E-state index in [0.29, 0.717) is 23.2 Å². The summed E-state index contributed by atoms with van der Waals surface area (Å²) < 4.78 is 5.21. The van der Waals surface area contributed by atoms with Gasteiger partial charge in [0, 0.05) is 6.42 Å². The van der Waals surface area contributed by atoms with E-state index in [4.69, 9.17) is 10.3 Å². The fraction of sp³-hybridized carbons (Fsp3) is 0.133. The van der Waals surface area contributed by atoms with Crippen LogP contribution in [0.25, 0.3) is 11.6 Å². The number of benzene rings is 1. The van der Waals surface area contributed by atoms with Crippen LogP contribution in [0.2, 0.25) is 0 Å². The Bertz CT molecular complexity index is 694. The number of nitrogen functional groups attached to an aromatic ring is 1. The van der Waals surface area contributed by atoms with Crippen molar-refractivity contribution in [2.45, 2.75) is 12.8 Å². The lowest BCUT2D eigenvalue weighted by atomic mass is 10.1. The van der Waals surface area contributed by atoms with Crippen molar-refractivity contribution in [2.75, 3.05) is 5.73 Å². The number of hydrogen-bond acceptors (Lipinski definition) is 5. The number of anilines is 1. The van der Waals surface area contributed by atoms with Gasteiger partial charge in [0.05, 0.1) is 0 Å². The van der Waals surface area contributed by atoms with Crippen LogP contribution >= 0.6 is 0 Å². The highest BCUT2D eigenvalue weighted by Crippen LogP contribution is 2.16. The van der Waals surface area contributed by atoms with Crippen LogP contribution in [0.1, 0.15) is 11.4 Å². The molecule has 0 radical (unpaired) electrons. The Morgan fingerprint density at radius 2 is 1.75 bits per heavy atom. The van der Waals surface area contributed by atoms with Crippen molar-refractivity contribution < 1.29 is 4.52 Å². The average molecular weight is 266 g/mol. The molecule has 3 rings (SSSR count). The van der Waals surface area contributed by atoms with Crippen LogP contribution in [0, 0.1) is 0 Å². The van der Waals surface area contributed by atoms with Gasteiger partial charge in [-0.3, -0.25) is 0 Å². The standard InChI is InChI=1S/C15H14N4O/c16-13-8-4-7-12(17-13)15-18-14(19-20-15)10-9-11-5-2-1-3-6-11/h1-8H,9-10H2,(H2,16,17). The highest BCUT2D eigenvalue weighted by molar-refractivity contribution is 5.49. The second kappa shape index (κ2) is 5.52. The van der Waals surface area contributed by atoms with E-state index < -0.39 is 0 Å². The van der Waals surface area contributed by atoms with Crippen molar-refractivity contribution >= 4 is 5.82 Å². The molecule has 0 amide bonds. The molecule has 5 nitrogen and oxygen atoms in total. The normalized spacial score (nSPS) is 10.6. The molecular formula is C15H14N4O. The number of aryl methyl sites for hydroxylation is 2. The monoisotopic (exact) mass is 266 g/mol. The van der Waals surface area contributed by atoms with Crippen molar-refractivity contribution in [3.8, 4) is 11.6 Å². The second-order valence-corrected chi connectivity index (χ2v) is 4.45. The molecule has 0 aliphatic carbocycles. The van der Waals surface area contributed by atoms with Gasteiger partial charge in [-0.15, -0.1) is 0 Å². The third kappa shape index (κ3) is 2.83. The molecule has 0 aliphatic heterocycles. The van der Waals surface area contributed by atoms with E-state index in [9.17, 15) is 0 Å². The third-order valence-electron chi connectivity index (χ3n) is 2.94. The zero-order valence-corrected chi connectivity index (χ0v) is 10.9. The zero-order valence-electron chi connectivity index (χ0n) is 10.9. The lowest BCUT2D eigenvalue weighted by Gasteiger charge is -1.96. The number of rotatable bonds is 4. The Morgan fingerprint density at radius 1 is 0.900 bits per heavy atom. The molecule has 0 unspecified atom stereocenters. The highest BCUT2D eigenvalue weighted by atomic mass is 16.5. The van der Waals surface area contributed by atoms with Crippen LogP contribution in [0.4, 0.5) is 5.82 Å².